The lowest BCUT2D eigenvalue weighted by atomic mass is 10.1. The highest BCUT2D eigenvalue weighted by atomic mass is 32.1. The molecule has 0 aliphatic heterocycles. The second kappa shape index (κ2) is 6.46. The lowest BCUT2D eigenvalue weighted by Gasteiger charge is -2.00. The zero-order chi connectivity index (χ0) is 15.4. The van der Waals surface area contributed by atoms with Gasteiger partial charge in [0.05, 0.1) is 0 Å². The van der Waals surface area contributed by atoms with E-state index >= 15 is 0 Å². The lowest BCUT2D eigenvalue weighted by molar-refractivity contribution is 0.0706. The predicted octanol–water partition coefficient (Wildman–Crippen LogP) is 2.91. The summed E-state index contributed by atoms with van der Waals surface area (Å²) in [5, 5.41) is 18.8. The number of carbonyl (C=O) groups excluding carboxylic acids is 1. The quantitative estimate of drug-likeness (QED) is 0.574. The summed E-state index contributed by atoms with van der Waals surface area (Å²) >= 11 is 1.55. The largest absolute Gasteiger partial charge is 0.288 e. The van der Waals surface area contributed by atoms with E-state index in [0.29, 0.717) is 12.0 Å². The standard InChI is InChI=1S/C16H13N3O2S/c20-15(19-21)12-8-6-11(7-9-12)10-14-17-18-16(22-14)13-4-2-1-3-5-13/h1-9,21H,10H2,(H,19,20). The molecule has 0 fully saturated rings. The summed E-state index contributed by atoms with van der Waals surface area (Å²) < 4.78 is 0. The number of hydroxylamine groups is 1. The Labute approximate surface area is 131 Å². The fraction of sp³-hybridized carbons (Fsp3) is 0.0625. The van der Waals surface area contributed by atoms with Crippen LogP contribution in [-0.2, 0) is 6.42 Å². The second-order valence-corrected chi connectivity index (χ2v) is 5.74. The molecule has 3 rings (SSSR count). The highest BCUT2D eigenvalue weighted by Crippen LogP contribution is 2.24. The molecule has 0 aliphatic rings. The summed E-state index contributed by atoms with van der Waals surface area (Å²) in [6.45, 7) is 0. The van der Waals surface area contributed by atoms with Gasteiger partial charge in [0, 0.05) is 17.5 Å². The van der Waals surface area contributed by atoms with Crippen LogP contribution >= 0.6 is 11.3 Å². The number of amides is 1. The van der Waals surface area contributed by atoms with Crippen molar-refractivity contribution in [3.8, 4) is 10.6 Å². The highest BCUT2D eigenvalue weighted by molar-refractivity contribution is 7.14. The maximum atomic E-state index is 11.3. The summed E-state index contributed by atoms with van der Waals surface area (Å²) in [4.78, 5) is 11.3. The van der Waals surface area contributed by atoms with Gasteiger partial charge >= 0.3 is 0 Å². The monoisotopic (exact) mass is 311 g/mol. The SMILES string of the molecule is O=C(NO)c1ccc(Cc2nnc(-c3ccccc3)s2)cc1. The van der Waals surface area contributed by atoms with Crippen molar-refractivity contribution in [2.24, 2.45) is 0 Å². The third-order valence-electron chi connectivity index (χ3n) is 3.16. The van der Waals surface area contributed by atoms with Crippen LogP contribution in [0, 0.1) is 0 Å². The number of benzene rings is 2. The molecule has 0 bridgehead atoms. The number of rotatable bonds is 4. The summed E-state index contributed by atoms with van der Waals surface area (Å²) in [6, 6.07) is 16.9. The molecule has 0 saturated carbocycles. The summed E-state index contributed by atoms with van der Waals surface area (Å²) in [7, 11) is 0. The molecule has 1 amide bonds. The second-order valence-electron chi connectivity index (χ2n) is 4.68. The first-order valence-corrected chi connectivity index (χ1v) is 7.49. The van der Waals surface area contributed by atoms with Gasteiger partial charge in [-0.2, -0.15) is 0 Å². The van der Waals surface area contributed by atoms with Crippen LogP contribution in [0.5, 0.6) is 0 Å². The van der Waals surface area contributed by atoms with Gasteiger partial charge in [-0.3, -0.25) is 10.0 Å². The van der Waals surface area contributed by atoms with Crippen LogP contribution in [0.25, 0.3) is 10.6 Å². The topological polar surface area (TPSA) is 75.1 Å². The Morgan fingerprint density at radius 3 is 2.45 bits per heavy atom. The van der Waals surface area contributed by atoms with E-state index < -0.39 is 5.91 Å². The van der Waals surface area contributed by atoms with E-state index in [1.165, 1.54) is 0 Å². The molecule has 0 saturated heterocycles. The molecule has 5 nitrogen and oxygen atoms in total. The van der Waals surface area contributed by atoms with Crippen molar-refractivity contribution < 1.29 is 10.0 Å². The maximum absolute atomic E-state index is 11.3. The summed E-state index contributed by atoms with van der Waals surface area (Å²) in [5.41, 5.74) is 4.11. The molecule has 0 unspecified atom stereocenters. The first-order chi connectivity index (χ1) is 10.8. The van der Waals surface area contributed by atoms with Gasteiger partial charge in [0.15, 0.2) is 0 Å². The average Bonchev–Trinajstić information content (AvgIpc) is 3.04. The van der Waals surface area contributed by atoms with Crippen molar-refractivity contribution in [2.45, 2.75) is 6.42 Å². The molecule has 1 heterocycles. The minimum atomic E-state index is -0.520. The van der Waals surface area contributed by atoms with Crippen molar-refractivity contribution in [1.82, 2.24) is 15.7 Å². The van der Waals surface area contributed by atoms with E-state index in [0.717, 1.165) is 21.1 Å². The van der Waals surface area contributed by atoms with Gasteiger partial charge in [-0.15, -0.1) is 10.2 Å². The van der Waals surface area contributed by atoms with E-state index in [-0.39, 0.29) is 0 Å². The number of nitrogens with zero attached hydrogens (tertiary/aromatic N) is 2. The zero-order valence-electron chi connectivity index (χ0n) is 11.6. The first-order valence-electron chi connectivity index (χ1n) is 6.67. The molecule has 22 heavy (non-hydrogen) atoms. The molecule has 2 aromatic carbocycles. The zero-order valence-corrected chi connectivity index (χ0v) is 12.4. The van der Waals surface area contributed by atoms with Crippen molar-refractivity contribution in [3.63, 3.8) is 0 Å². The third-order valence-corrected chi connectivity index (χ3v) is 4.13. The minimum absolute atomic E-state index is 0.411. The van der Waals surface area contributed by atoms with Crippen molar-refractivity contribution in [2.75, 3.05) is 0 Å². The lowest BCUT2D eigenvalue weighted by Crippen LogP contribution is -2.18. The summed E-state index contributed by atoms with van der Waals surface area (Å²) in [6.07, 6.45) is 0.658. The van der Waals surface area contributed by atoms with Crippen LogP contribution in [0.4, 0.5) is 0 Å². The minimum Gasteiger partial charge on any atom is -0.288 e. The molecule has 3 aromatic rings. The molecule has 0 radical (unpaired) electrons. The fourth-order valence-corrected chi connectivity index (χ4v) is 2.91. The maximum Gasteiger partial charge on any atom is 0.274 e. The Balaban J connectivity index is 1.74. The van der Waals surface area contributed by atoms with E-state index in [4.69, 9.17) is 5.21 Å². The van der Waals surface area contributed by atoms with Crippen LogP contribution in [0.15, 0.2) is 54.6 Å². The Hall–Kier alpha value is -2.57. The number of hydrogen-bond donors (Lipinski definition) is 2. The summed E-state index contributed by atoms with van der Waals surface area (Å²) in [5.74, 6) is -0.520. The normalized spacial score (nSPS) is 10.4. The predicted molar refractivity (Wildman–Crippen MR) is 83.8 cm³/mol. The Morgan fingerprint density at radius 2 is 1.77 bits per heavy atom. The van der Waals surface area contributed by atoms with Crippen molar-refractivity contribution in [3.05, 3.63) is 70.7 Å². The van der Waals surface area contributed by atoms with Crippen LogP contribution in [-0.4, -0.2) is 21.3 Å². The van der Waals surface area contributed by atoms with Gasteiger partial charge in [0.25, 0.3) is 5.91 Å². The fourth-order valence-electron chi connectivity index (χ4n) is 2.04. The van der Waals surface area contributed by atoms with E-state index in [9.17, 15) is 4.79 Å². The molecule has 6 heteroatoms. The first kappa shape index (κ1) is 14.4. The van der Waals surface area contributed by atoms with Gasteiger partial charge in [-0.25, -0.2) is 5.48 Å². The van der Waals surface area contributed by atoms with Gasteiger partial charge in [-0.05, 0) is 17.7 Å². The molecule has 0 aliphatic carbocycles. The number of carbonyl (C=O) groups is 1. The average molecular weight is 311 g/mol. The number of nitrogens with one attached hydrogen (secondary N) is 1. The van der Waals surface area contributed by atoms with Gasteiger partial charge in [0.2, 0.25) is 0 Å². The Morgan fingerprint density at radius 1 is 1.05 bits per heavy atom. The number of aromatic nitrogens is 2. The van der Waals surface area contributed by atoms with Crippen molar-refractivity contribution in [1.29, 1.82) is 0 Å². The number of hydrogen-bond acceptors (Lipinski definition) is 5. The van der Waals surface area contributed by atoms with Crippen LogP contribution in [0.3, 0.4) is 0 Å². The van der Waals surface area contributed by atoms with Gasteiger partial charge in [0.1, 0.15) is 10.0 Å². The third kappa shape index (κ3) is 3.19. The van der Waals surface area contributed by atoms with Crippen molar-refractivity contribution >= 4 is 17.2 Å². The molecular weight excluding hydrogens is 298 g/mol. The molecule has 1 aromatic heterocycles. The van der Waals surface area contributed by atoms with Crippen LogP contribution < -0.4 is 5.48 Å². The Bertz CT molecular complexity index is 770. The van der Waals surface area contributed by atoms with Gasteiger partial charge < -0.3 is 0 Å². The molecule has 2 N–H and O–H groups in total. The Kier molecular flexibility index (Phi) is 4.22. The van der Waals surface area contributed by atoms with Crippen LogP contribution in [0.2, 0.25) is 0 Å². The molecule has 110 valence electrons. The molecule has 0 spiro atoms. The van der Waals surface area contributed by atoms with Gasteiger partial charge in [-0.1, -0.05) is 53.8 Å². The van der Waals surface area contributed by atoms with E-state index in [2.05, 4.69) is 10.2 Å². The smallest absolute Gasteiger partial charge is 0.274 e. The van der Waals surface area contributed by atoms with E-state index in [1.54, 1.807) is 28.9 Å². The van der Waals surface area contributed by atoms with E-state index in [1.807, 2.05) is 42.5 Å². The highest BCUT2D eigenvalue weighted by Gasteiger charge is 2.08. The molecular formula is C16H13N3O2S. The molecule has 0 atom stereocenters. The van der Waals surface area contributed by atoms with Crippen LogP contribution in [0.1, 0.15) is 20.9 Å².